The zero-order chi connectivity index (χ0) is 21.3. The summed E-state index contributed by atoms with van der Waals surface area (Å²) < 4.78 is 9.18. The summed E-state index contributed by atoms with van der Waals surface area (Å²) in [5, 5.41) is 0.554. The Balaban J connectivity index is 2.07. The van der Waals surface area contributed by atoms with Gasteiger partial charge in [-0.05, 0) is 19.4 Å². The fraction of sp³-hybridized carbons (Fsp3) is 0.200. The van der Waals surface area contributed by atoms with Crippen LogP contribution >= 0.6 is 0 Å². The van der Waals surface area contributed by atoms with Crippen molar-refractivity contribution in [2.45, 2.75) is 20.4 Å². The van der Waals surface area contributed by atoms with Crippen LogP contribution in [0.5, 0.6) is 0 Å². The van der Waals surface area contributed by atoms with Crippen molar-refractivity contribution >= 4 is 16.9 Å². The summed E-state index contributed by atoms with van der Waals surface area (Å²) >= 11 is 0. The van der Waals surface area contributed by atoms with E-state index in [1.807, 2.05) is 83.8 Å². The normalized spacial score (nSPS) is 11.0. The fourth-order valence-corrected chi connectivity index (χ4v) is 3.93. The number of aryl methyl sites for hydroxylation is 1. The highest BCUT2D eigenvalue weighted by molar-refractivity contribution is 6.00. The molecule has 0 N–H and O–H groups in total. The largest absolute Gasteiger partial charge is 0.462 e. The molecule has 30 heavy (non-hydrogen) atoms. The Hall–Kier alpha value is -3.60. The van der Waals surface area contributed by atoms with Crippen LogP contribution in [-0.2, 0) is 18.3 Å². The molecule has 0 aliphatic rings. The molecule has 0 fully saturated rings. The predicted octanol–water partition coefficient (Wildman–Crippen LogP) is 4.54. The number of benzene rings is 2. The number of hydrogen-bond acceptors (Lipinski definition) is 3. The van der Waals surface area contributed by atoms with Gasteiger partial charge < -0.3 is 13.9 Å². The van der Waals surface area contributed by atoms with Gasteiger partial charge in [0, 0.05) is 31.0 Å². The summed E-state index contributed by atoms with van der Waals surface area (Å²) in [4.78, 5) is 25.9. The Kier molecular flexibility index (Phi) is 5.27. The zero-order valence-electron chi connectivity index (χ0n) is 17.4. The average molecular weight is 400 g/mol. The molecule has 0 spiro atoms. The molecule has 2 aromatic heterocycles. The van der Waals surface area contributed by atoms with Crippen molar-refractivity contribution in [2.24, 2.45) is 7.05 Å². The Bertz CT molecular complexity index is 1270. The first kappa shape index (κ1) is 19.7. The van der Waals surface area contributed by atoms with E-state index in [1.54, 1.807) is 13.1 Å². The van der Waals surface area contributed by atoms with E-state index in [1.165, 1.54) is 0 Å². The molecule has 2 aromatic carbocycles. The monoisotopic (exact) mass is 400 g/mol. The lowest BCUT2D eigenvalue weighted by Gasteiger charge is -2.14. The first-order chi connectivity index (χ1) is 14.5. The van der Waals surface area contributed by atoms with Crippen LogP contribution in [0.25, 0.3) is 22.2 Å². The van der Waals surface area contributed by atoms with Crippen molar-refractivity contribution in [3.63, 3.8) is 0 Å². The van der Waals surface area contributed by atoms with Gasteiger partial charge in [0.25, 0.3) is 0 Å². The van der Waals surface area contributed by atoms with Gasteiger partial charge in [-0.15, -0.1) is 0 Å². The Labute approximate surface area is 175 Å². The Morgan fingerprint density at radius 1 is 1.00 bits per heavy atom. The molecule has 0 saturated heterocycles. The molecule has 152 valence electrons. The van der Waals surface area contributed by atoms with Crippen LogP contribution in [-0.4, -0.2) is 21.7 Å². The van der Waals surface area contributed by atoms with Gasteiger partial charge in [-0.2, -0.15) is 0 Å². The number of rotatable bonds is 5. The highest BCUT2D eigenvalue weighted by Gasteiger charge is 2.24. The van der Waals surface area contributed by atoms with Gasteiger partial charge in [0.15, 0.2) is 0 Å². The zero-order valence-corrected chi connectivity index (χ0v) is 17.4. The van der Waals surface area contributed by atoms with Crippen LogP contribution in [0.15, 0.2) is 71.7 Å². The van der Waals surface area contributed by atoms with E-state index in [4.69, 9.17) is 4.74 Å². The lowest BCUT2D eigenvalue weighted by molar-refractivity contribution is 0.0524. The molecule has 4 aromatic rings. The van der Waals surface area contributed by atoms with Crippen LogP contribution in [0.1, 0.15) is 28.5 Å². The third-order valence-electron chi connectivity index (χ3n) is 5.44. The second-order valence-electron chi connectivity index (χ2n) is 7.29. The molecule has 0 bridgehead atoms. The lowest BCUT2D eigenvalue weighted by Crippen LogP contribution is -2.21. The predicted molar refractivity (Wildman–Crippen MR) is 119 cm³/mol. The topological polar surface area (TPSA) is 53.2 Å². The summed E-state index contributed by atoms with van der Waals surface area (Å²) in [6, 6.07) is 20.0. The molecule has 0 unspecified atom stereocenters. The fourth-order valence-electron chi connectivity index (χ4n) is 3.93. The van der Waals surface area contributed by atoms with Gasteiger partial charge in [0.1, 0.15) is 5.56 Å². The maximum atomic E-state index is 13.3. The van der Waals surface area contributed by atoms with E-state index < -0.39 is 5.97 Å². The Morgan fingerprint density at radius 3 is 2.27 bits per heavy atom. The molecule has 0 saturated carbocycles. The summed E-state index contributed by atoms with van der Waals surface area (Å²) in [7, 11) is 1.95. The standard InChI is InChI=1S/C25H24N2O3/c1-4-30-25(29)20-16-27(15-18-11-7-5-8-12-18)23-21(24(20)28)17(2)26(3)22(23)19-13-9-6-10-14-19/h5-14,16H,4,15H2,1-3H3. The van der Waals surface area contributed by atoms with E-state index in [0.29, 0.717) is 11.9 Å². The molecule has 0 aliphatic carbocycles. The van der Waals surface area contributed by atoms with Gasteiger partial charge in [0.05, 0.1) is 23.2 Å². The number of ether oxygens (including phenoxy) is 1. The summed E-state index contributed by atoms with van der Waals surface area (Å²) in [5.74, 6) is -0.587. The molecular formula is C25H24N2O3. The first-order valence-corrected chi connectivity index (χ1v) is 10.0. The van der Waals surface area contributed by atoms with Gasteiger partial charge in [0.2, 0.25) is 5.43 Å². The second-order valence-corrected chi connectivity index (χ2v) is 7.29. The van der Waals surface area contributed by atoms with E-state index in [2.05, 4.69) is 0 Å². The summed E-state index contributed by atoms with van der Waals surface area (Å²) in [5.41, 5.74) is 4.47. The number of nitrogens with zero attached hydrogens (tertiary/aromatic N) is 2. The van der Waals surface area contributed by atoms with Crippen LogP contribution < -0.4 is 5.43 Å². The molecule has 5 nitrogen and oxygen atoms in total. The third kappa shape index (κ3) is 3.32. The van der Waals surface area contributed by atoms with E-state index in [0.717, 1.165) is 28.0 Å². The second kappa shape index (κ2) is 8.03. The highest BCUT2D eigenvalue weighted by atomic mass is 16.5. The minimum Gasteiger partial charge on any atom is -0.462 e. The van der Waals surface area contributed by atoms with Crippen molar-refractivity contribution in [3.8, 4) is 11.3 Å². The summed E-state index contributed by atoms with van der Waals surface area (Å²) in [6.07, 6.45) is 1.64. The number of fused-ring (bicyclic) bond motifs is 1. The minimum atomic E-state index is -0.587. The minimum absolute atomic E-state index is 0.0635. The first-order valence-electron chi connectivity index (χ1n) is 10.0. The van der Waals surface area contributed by atoms with E-state index in [-0.39, 0.29) is 17.6 Å². The smallest absolute Gasteiger partial charge is 0.343 e. The number of esters is 1. The number of pyridine rings is 1. The maximum Gasteiger partial charge on any atom is 0.343 e. The average Bonchev–Trinajstić information content (AvgIpc) is 3.03. The number of hydrogen-bond donors (Lipinski definition) is 0. The lowest BCUT2D eigenvalue weighted by atomic mass is 10.1. The highest BCUT2D eigenvalue weighted by Crippen LogP contribution is 2.32. The number of carbonyl (C=O) groups is 1. The quantitative estimate of drug-likeness (QED) is 0.462. The van der Waals surface area contributed by atoms with Crippen LogP contribution in [0.2, 0.25) is 0 Å². The van der Waals surface area contributed by atoms with Crippen LogP contribution in [0, 0.1) is 6.92 Å². The van der Waals surface area contributed by atoms with Gasteiger partial charge >= 0.3 is 5.97 Å². The van der Waals surface area contributed by atoms with Crippen molar-refractivity contribution in [3.05, 3.63) is 93.9 Å². The molecule has 0 amide bonds. The number of aromatic nitrogens is 2. The van der Waals surface area contributed by atoms with Crippen molar-refractivity contribution in [1.29, 1.82) is 0 Å². The van der Waals surface area contributed by atoms with Crippen LogP contribution in [0.3, 0.4) is 0 Å². The molecule has 0 aliphatic heterocycles. The molecule has 0 radical (unpaired) electrons. The molecule has 4 rings (SSSR count). The van der Waals surface area contributed by atoms with Gasteiger partial charge in [-0.1, -0.05) is 60.7 Å². The maximum absolute atomic E-state index is 13.3. The van der Waals surface area contributed by atoms with Gasteiger partial charge in [-0.3, -0.25) is 4.79 Å². The third-order valence-corrected chi connectivity index (χ3v) is 5.44. The van der Waals surface area contributed by atoms with Crippen molar-refractivity contribution < 1.29 is 9.53 Å². The van der Waals surface area contributed by atoms with Gasteiger partial charge in [-0.25, -0.2) is 4.79 Å². The number of carbonyl (C=O) groups excluding carboxylic acids is 1. The van der Waals surface area contributed by atoms with E-state index in [9.17, 15) is 9.59 Å². The SMILES string of the molecule is CCOC(=O)c1cn(Cc2ccccc2)c2c(-c3ccccc3)n(C)c(C)c2c1=O. The molecule has 0 atom stereocenters. The molecule has 2 heterocycles. The van der Waals surface area contributed by atoms with E-state index >= 15 is 0 Å². The van der Waals surface area contributed by atoms with Crippen molar-refractivity contribution in [1.82, 2.24) is 9.13 Å². The molecular weight excluding hydrogens is 376 g/mol. The van der Waals surface area contributed by atoms with Crippen LogP contribution in [0.4, 0.5) is 0 Å². The summed E-state index contributed by atoms with van der Waals surface area (Å²) in [6.45, 7) is 4.41. The Morgan fingerprint density at radius 2 is 1.63 bits per heavy atom. The molecule has 5 heteroatoms. The van der Waals surface area contributed by atoms with Crippen molar-refractivity contribution in [2.75, 3.05) is 6.61 Å².